The van der Waals surface area contributed by atoms with Gasteiger partial charge in [-0.25, -0.2) is 0 Å². The maximum Gasteiger partial charge on any atom is 0.0693 e. The molecule has 0 heterocycles. The Labute approximate surface area is 98.6 Å². The predicted molar refractivity (Wildman–Crippen MR) is 64.4 cm³/mol. The monoisotopic (exact) mass is 227 g/mol. The third-order valence-electron chi connectivity index (χ3n) is 4.26. The van der Waals surface area contributed by atoms with Gasteiger partial charge >= 0.3 is 0 Å². The standard InChI is InChI=1S/C13H25NO2/c1-16-9-8-13(6-7-13)10-14-11-4-2-3-5-12(11)15/h11-12,14-15H,2-10H2,1H3/t11-,12-/m0/s1. The maximum atomic E-state index is 9.88. The molecule has 2 aliphatic rings. The van der Waals surface area contributed by atoms with E-state index in [4.69, 9.17) is 4.74 Å². The fraction of sp³-hybridized carbons (Fsp3) is 1.00. The Bertz CT molecular complexity index is 216. The zero-order valence-corrected chi connectivity index (χ0v) is 10.4. The summed E-state index contributed by atoms with van der Waals surface area (Å²) in [4.78, 5) is 0. The van der Waals surface area contributed by atoms with Crippen molar-refractivity contribution in [3.63, 3.8) is 0 Å². The number of ether oxygens (including phenoxy) is 1. The summed E-state index contributed by atoms with van der Waals surface area (Å²) in [6, 6.07) is 0.341. The minimum atomic E-state index is -0.119. The molecule has 0 aromatic rings. The van der Waals surface area contributed by atoms with Gasteiger partial charge in [0.2, 0.25) is 0 Å². The van der Waals surface area contributed by atoms with E-state index in [9.17, 15) is 5.11 Å². The lowest BCUT2D eigenvalue weighted by molar-refractivity contribution is 0.0861. The molecule has 0 aromatic heterocycles. The Morgan fingerprint density at radius 3 is 2.69 bits per heavy atom. The first kappa shape index (κ1) is 12.3. The quantitative estimate of drug-likeness (QED) is 0.725. The van der Waals surface area contributed by atoms with Crippen LogP contribution in [0, 0.1) is 5.41 Å². The Morgan fingerprint density at radius 2 is 2.06 bits per heavy atom. The molecule has 0 aliphatic heterocycles. The van der Waals surface area contributed by atoms with E-state index < -0.39 is 0 Å². The molecule has 16 heavy (non-hydrogen) atoms. The normalized spacial score (nSPS) is 32.6. The van der Waals surface area contributed by atoms with Crippen LogP contribution in [-0.4, -0.2) is 37.5 Å². The zero-order valence-electron chi connectivity index (χ0n) is 10.4. The molecule has 2 aliphatic carbocycles. The number of aliphatic hydroxyl groups is 1. The molecular formula is C13H25NO2. The molecule has 0 saturated heterocycles. The molecule has 0 spiro atoms. The Balaban J connectivity index is 1.69. The van der Waals surface area contributed by atoms with Crippen molar-refractivity contribution in [2.24, 2.45) is 5.41 Å². The molecule has 0 bridgehead atoms. The van der Waals surface area contributed by atoms with Crippen LogP contribution in [0.2, 0.25) is 0 Å². The van der Waals surface area contributed by atoms with Crippen molar-refractivity contribution in [1.82, 2.24) is 5.32 Å². The van der Waals surface area contributed by atoms with Crippen LogP contribution < -0.4 is 5.32 Å². The van der Waals surface area contributed by atoms with Gasteiger partial charge in [0.1, 0.15) is 0 Å². The van der Waals surface area contributed by atoms with Gasteiger partial charge in [-0.15, -0.1) is 0 Å². The van der Waals surface area contributed by atoms with Gasteiger partial charge in [-0.1, -0.05) is 12.8 Å². The van der Waals surface area contributed by atoms with Crippen LogP contribution in [0.3, 0.4) is 0 Å². The minimum Gasteiger partial charge on any atom is -0.392 e. The molecule has 0 aromatic carbocycles. The van der Waals surface area contributed by atoms with Gasteiger partial charge in [-0.3, -0.25) is 0 Å². The summed E-state index contributed by atoms with van der Waals surface area (Å²) in [7, 11) is 1.77. The van der Waals surface area contributed by atoms with E-state index >= 15 is 0 Å². The highest BCUT2D eigenvalue weighted by Gasteiger charge is 2.42. The van der Waals surface area contributed by atoms with E-state index in [2.05, 4.69) is 5.32 Å². The molecule has 2 atom stereocenters. The second kappa shape index (κ2) is 5.48. The second-order valence-electron chi connectivity index (χ2n) is 5.58. The summed E-state index contributed by atoms with van der Waals surface area (Å²) in [6.45, 7) is 1.94. The van der Waals surface area contributed by atoms with E-state index in [0.29, 0.717) is 11.5 Å². The van der Waals surface area contributed by atoms with Crippen molar-refractivity contribution in [2.45, 2.75) is 57.1 Å². The predicted octanol–water partition coefficient (Wildman–Crippen LogP) is 1.70. The largest absolute Gasteiger partial charge is 0.392 e. The average molecular weight is 227 g/mol. The van der Waals surface area contributed by atoms with Crippen LogP contribution in [0.5, 0.6) is 0 Å². The van der Waals surface area contributed by atoms with Gasteiger partial charge in [0.15, 0.2) is 0 Å². The molecule has 0 amide bonds. The zero-order chi connectivity index (χ0) is 11.4. The van der Waals surface area contributed by atoms with E-state index in [1.807, 2.05) is 0 Å². The SMILES string of the molecule is COCCC1(CN[C@H]2CCCC[C@@H]2O)CC1. The van der Waals surface area contributed by atoms with Gasteiger partial charge in [0, 0.05) is 26.3 Å². The summed E-state index contributed by atoms with van der Waals surface area (Å²) >= 11 is 0. The summed E-state index contributed by atoms with van der Waals surface area (Å²) in [5.41, 5.74) is 0.493. The lowest BCUT2D eigenvalue weighted by atomic mass is 9.91. The number of nitrogens with one attached hydrogen (secondary N) is 1. The van der Waals surface area contributed by atoms with Crippen molar-refractivity contribution in [1.29, 1.82) is 0 Å². The summed E-state index contributed by atoms with van der Waals surface area (Å²) in [5, 5.41) is 13.5. The molecule has 94 valence electrons. The molecule has 3 nitrogen and oxygen atoms in total. The average Bonchev–Trinajstić information content (AvgIpc) is 3.06. The number of hydrogen-bond donors (Lipinski definition) is 2. The van der Waals surface area contributed by atoms with Gasteiger partial charge in [0.25, 0.3) is 0 Å². The topological polar surface area (TPSA) is 41.5 Å². The first-order valence-electron chi connectivity index (χ1n) is 6.66. The summed E-state index contributed by atoms with van der Waals surface area (Å²) < 4.78 is 5.15. The number of aliphatic hydroxyl groups excluding tert-OH is 1. The minimum absolute atomic E-state index is 0.119. The highest BCUT2D eigenvalue weighted by Crippen LogP contribution is 2.48. The first-order chi connectivity index (χ1) is 7.76. The molecule has 3 heteroatoms. The van der Waals surface area contributed by atoms with Crippen LogP contribution >= 0.6 is 0 Å². The lowest BCUT2D eigenvalue weighted by Crippen LogP contribution is -2.44. The fourth-order valence-corrected chi connectivity index (χ4v) is 2.71. The summed E-state index contributed by atoms with van der Waals surface area (Å²) in [6.07, 6.45) is 8.27. The van der Waals surface area contributed by atoms with Crippen LogP contribution in [0.25, 0.3) is 0 Å². The van der Waals surface area contributed by atoms with E-state index in [-0.39, 0.29) is 6.10 Å². The molecule has 0 unspecified atom stereocenters. The second-order valence-corrected chi connectivity index (χ2v) is 5.58. The van der Waals surface area contributed by atoms with Crippen molar-refractivity contribution in [2.75, 3.05) is 20.3 Å². The van der Waals surface area contributed by atoms with Gasteiger partial charge in [0.05, 0.1) is 6.10 Å². The van der Waals surface area contributed by atoms with Crippen molar-refractivity contribution >= 4 is 0 Å². The Hall–Kier alpha value is -0.120. The highest BCUT2D eigenvalue weighted by molar-refractivity contribution is 4.96. The summed E-state index contributed by atoms with van der Waals surface area (Å²) in [5.74, 6) is 0. The molecular weight excluding hydrogens is 202 g/mol. The maximum absolute atomic E-state index is 9.88. The lowest BCUT2D eigenvalue weighted by Gasteiger charge is -2.30. The van der Waals surface area contributed by atoms with Crippen LogP contribution in [0.4, 0.5) is 0 Å². The molecule has 2 N–H and O–H groups in total. The van der Waals surface area contributed by atoms with Crippen molar-refractivity contribution in [3.8, 4) is 0 Å². The molecule has 0 radical (unpaired) electrons. The van der Waals surface area contributed by atoms with E-state index in [1.54, 1.807) is 7.11 Å². The van der Waals surface area contributed by atoms with Gasteiger partial charge in [-0.05, 0) is 37.5 Å². The Kier molecular flexibility index (Phi) is 4.22. The smallest absolute Gasteiger partial charge is 0.0693 e. The third-order valence-corrected chi connectivity index (χ3v) is 4.26. The van der Waals surface area contributed by atoms with Gasteiger partial charge in [-0.2, -0.15) is 0 Å². The highest BCUT2D eigenvalue weighted by atomic mass is 16.5. The van der Waals surface area contributed by atoms with E-state index in [0.717, 1.165) is 26.0 Å². The Morgan fingerprint density at radius 1 is 1.31 bits per heavy atom. The molecule has 2 saturated carbocycles. The first-order valence-corrected chi connectivity index (χ1v) is 6.66. The number of methoxy groups -OCH3 is 1. The van der Waals surface area contributed by atoms with E-state index in [1.165, 1.54) is 32.1 Å². The molecule has 2 fully saturated rings. The number of hydrogen-bond acceptors (Lipinski definition) is 3. The molecule has 2 rings (SSSR count). The van der Waals surface area contributed by atoms with Crippen molar-refractivity contribution < 1.29 is 9.84 Å². The van der Waals surface area contributed by atoms with Crippen LogP contribution in [-0.2, 0) is 4.74 Å². The van der Waals surface area contributed by atoms with Crippen molar-refractivity contribution in [3.05, 3.63) is 0 Å². The van der Waals surface area contributed by atoms with Crippen LogP contribution in [0.15, 0.2) is 0 Å². The van der Waals surface area contributed by atoms with Gasteiger partial charge < -0.3 is 15.2 Å². The number of rotatable bonds is 6. The van der Waals surface area contributed by atoms with Crippen LogP contribution in [0.1, 0.15) is 44.9 Å². The third kappa shape index (κ3) is 3.19. The fourth-order valence-electron chi connectivity index (χ4n) is 2.71.